The van der Waals surface area contributed by atoms with Crippen molar-refractivity contribution in [1.82, 2.24) is 14.7 Å². The van der Waals surface area contributed by atoms with Gasteiger partial charge in [0.15, 0.2) is 0 Å². The number of rotatable bonds is 7. The Bertz CT molecular complexity index is 807. The van der Waals surface area contributed by atoms with Crippen LogP contribution in [0.1, 0.15) is 40.3 Å². The number of benzene rings is 1. The minimum Gasteiger partial charge on any atom is -0.375 e. The lowest BCUT2D eigenvalue weighted by molar-refractivity contribution is -0.139. The first-order valence-electron chi connectivity index (χ1n) is 9.37. The molecule has 0 unspecified atom stereocenters. The summed E-state index contributed by atoms with van der Waals surface area (Å²) in [5, 5.41) is 7.60. The van der Waals surface area contributed by atoms with Crippen LogP contribution in [0.25, 0.3) is 5.69 Å². The van der Waals surface area contributed by atoms with Crippen molar-refractivity contribution in [3.8, 4) is 5.69 Å². The molecule has 0 atom stereocenters. The number of hydrogen-bond acceptors (Lipinski definition) is 4. The Balaban J connectivity index is 2.28. The van der Waals surface area contributed by atoms with Gasteiger partial charge in [-0.05, 0) is 26.0 Å². The summed E-state index contributed by atoms with van der Waals surface area (Å²) in [5.74, 6) is 0.0688. The van der Waals surface area contributed by atoms with Crippen LogP contribution in [0.5, 0.6) is 0 Å². The molecule has 0 saturated heterocycles. The number of hydrogen-bond donors (Lipinski definition) is 1. The highest BCUT2D eigenvalue weighted by Crippen LogP contribution is 2.26. The summed E-state index contributed by atoms with van der Waals surface area (Å²) >= 11 is 0. The van der Waals surface area contributed by atoms with Gasteiger partial charge in [0.05, 0.1) is 11.4 Å². The third-order valence-electron chi connectivity index (χ3n) is 4.27. The van der Waals surface area contributed by atoms with Crippen LogP contribution in [0.15, 0.2) is 36.4 Å². The van der Waals surface area contributed by atoms with E-state index in [1.807, 2.05) is 50.2 Å². The Hall–Kier alpha value is -2.67. The van der Waals surface area contributed by atoms with Gasteiger partial charge >= 0.3 is 0 Å². The van der Waals surface area contributed by atoms with Crippen molar-refractivity contribution in [2.45, 2.75) is 46.1 Å². The average molecular weight is 386 g/mol. The first-order valence-corrected chi connectivity index (χ1v) is 9.37. The van der Waals surface area contributed by atoms with E-state index in [9.17, 15) is 9.59 Å². The van der Waals surface area contributed by atoms with Crippen LogP contribution >= 0.6 is 0 Å². The second-order valence-corrected chi connectivity index (χ2v) is 8.01. The van der Waals surface area contributed by atoms with Gasteiger partial charge in [0.1, 0.15) is 19.0 Å². The maximum atomic E-state index is 12.7. The van der Waals surface area contributed by atoms with Gasteiger partial charge in [0, 0.05) is 24.6 Å². The molecule has 0 fully saturated rings. The normalized spacial score (nSPS) is 11.5. The molecule has 0 saturated carbocycles. The number of nitrogens with zero attached hydrogens (tertiary/aromatic N) is 3. The number of amides is 2. The number of ether oxygens (including phenoxy) is 1. The van der Waals surface area contributed by atoms with Crippen LogP contribution in [0.3, 0.4) is 0 Å². The molecule has 2 aromatic rings. The number of carbonyl (C=O) groups excluding carboxylic acids is 2. The van der Waals surface area contributed by atoms with Gasteiger partial charge in [-0.15, -0.1) is 0 Å². The molecule has 2 amide bonds. The predicted octanol–water partition coefficient (Wildman–Crippen LogP) is 2.99. The van der Waals surface area contributed by atoms with Crippen molar-refractivity contribution in [2.24, 2.45) is 0 Å². The van der Waals surface area contributed by atoms with Crippen LogP contribution in [0.2, 0.25) is 0 Å². The number of carbonyl (C=O) groups is 2. The van der Waals surface area contributed by atoms with Crippen molar-refractivity contribution in [1.29, 1.82) is 0 Å². The number of aromatic nitrogens is 2. The predicted molar refractivity (Wildman–Crippen MR) is 110 cm³/mol. The first-order chi connectivity index (χ1) is 13.1. The largest absolute Gasteiger partial charge is 0.375 e. The molecule has 0 aliphatic rings. The van der Waals surface area contributed by atoms with E-state index in [0.29, 0.717) is 5.82 Å². The van der Waals surface area contributed by atoms with Gasteiger partial charge in [-0.3, -0.25) is 9.59 Å². The highest BCUT2D eigenvalue weighted by atomic mass is 16.5. The molecule has 0 aliphatic carbocycles. The molecular weight excluding hydrogens is 356 g/mol. The van der Waals surface area contributed by atoms with E-state index in [-0.39, 0.29) is 36.4 Å². The molecule has 1 aromatic carbocycles. The van der Waals surface area contributed by atoms with Crippen molar-refractivity contribution in [2.75, 3.05) is 25.6 Å². The zero-order chi connectivity index (χ0) is 20.9. The minimum atomic E-state index is -0.282. The molecule has 0 spiro atoms. The van der Waals surface area contributed by atoms with Crippen molar-refractivity contribution in [3.05, 3.63) is 42.1 Å². The monoisotopic (exact) mass is 386 g/mol. The van der Waals surface area contributed by atoms with Crippen LogP contribution < -0.4 is 5.32 Å². The van der Waals surface area contributed by atoms with Gasteiger partial charge in [-0.25, -0.2) is 4.68 Å². The van der Waals surface area contributed by atoms with Gasteiger partial charge in [0.2, 0.25) is 11.8 Å². The number of para-hydroxylation sites is 1. The topological polar surface area (TPSA) is 76.5 Å². The highest BCUT2D eigenvalue weighted by molar-refractivity contribution is 5.94. The second-order valence-electron chi connectivity index (χ2n) is 8.01. The summed E-state index contributed by atoms with van der Waals surface area (Å²) in [5.41, 5.74) is 1.55. The molecule has 0 aliphatic heterocycles. The summed E-state index contributed by atoms with van der Waals surface area (Å²) in [4.78, 5) is 26.4. The van der Waals surface area contributed by atoms with Crippen molar-refractivity contribution < 1.29 is 14.3 Å². The molecule has 1 N–H and O–H groups in total. The molecule has 0 bridgehead atoms. The van der Waals surface area contributed by atoms with Crippen molar-refractivity contribution in [3.63, 3.8) is 0 Å². The van der Waals surface area contributed by atoms with Gasteiger partial charge < -0.3 is 15.0 Å². The molecule has 2 rings (SSSR count). The van der Waals surface area contributed by atoms with Crippen molar-refractivity contribution >= 4 is 17.6 Å². The van der Waals surface area contributed by atoms with E-state index in [1.54, 1.807) is 4.68 Å². The number of anilines is 1. The lowest BCUT2D eigenvalue weighted by Crippen LogP contribution is -2.44. The first kappa shape index (κ1) is 21.6. The molecule has 1 heterocycles. The Kier molecular flexibility index (Phi) is 6.96. The number of methoxy groups -OCH3 is 1. The summed E-state index contributed by atoms with van der Waals surface area (Å²) in [7, 11) is 1.46. The molecular formula is C21H30N4O3. The summed E-state index contributed by atoms with van der Waals surface area (Å²) in [6, 6.07) is 11.4. The van der Waals surface area contributed by atoms with E-state index in [1.165, 1.54) is 12.0 Å². The standard InChI is InChI=1S/C21H30N4O3/c1-15(2)24(20(27)14-28-6)13-19(26)22-18-12-17(21(3,4)5)23-25(18)16-10-8-7-9-11-16/h7-12,15H,13-14H2,1-6H3,(H,22,26). The fourth-order valence-electron chi connectivity index (χ4n) is 2.70. The van der Waals surface area contributed by atoms with E-state index < -0.39 is 0 Å². The minimum absolute atomic E-state index is 0.0509. The summed E-state index contributed by atoms with van der Waals surface area (Å²) in [6.07, 6.45) is 0. The van der Waals surface area contributed by atoms with E-state index in [4.69, 9.17) is 4.74 Å². The van der Waals surface area contributed by atoms with Gasteiger partial charge in [-0.2, -0.15) is 5.10 Å². The smallest absolute Gasteiger partial charge is 0.249 e. The molecule has 7 heteroatoms. The van der Waals surface area contributed by atoms with Gasteiger partial charge in [0.25, 0.3) is 0 Å². The Morgan fingerprint density at radius 1 is 1.21 bits per heavy atom. The van der Waals surface area contributed by atoms with Crippen LogP contribution in [-0.2, 0) is 19.7 Å². The zero-order valence-corrected chi connectivity index (χ0v) is 17.5. The fourth-order valence-corrected chi connectivity index (χ4v) is 2.70. The van der Waals surface area contributed by atoms with E-state index in [2.05, 4.69) is 31.2 Å². The second kappa shape index (κ2) is 9.01. The Morgan fingerprint density at radius 3 is 2.39 bits per heavy atom. The zero-order valence-electron chi connectivity index (χ0n) is 17.5. The highest BCUT2D eigenvalue weighted by Gasteiger charge is 2.24. The molecule has 7 nitrogen and oxygen atoms in total. The van der Waals surface area contributed by atoms with E-state index >= 15 is 0 Å². The third kappa shape index (κ3) is 5.42. The molecule has 0 radical (unpaired) electrons. The van der Waals surface area contributed by atoms with Crippen LogP contribution in [0.4, 0.5) is 5.82 Å². The maximum Gasteiger partial charge on any atom is 0.249 e. The summed E-state index contributed by atoms with van der Waals surface area (Å²) in [6.45, 7) is 9.84. The van der Waals surface area contributed by atoms with Crippen LogP contribution in [0, 0.1) is 0 Å². The quantitative estimate of drug-likeness (QED) is 0.794. The fraction of sp³-hybridized carbons (Fsp3) is 0.476. The summed E-state index contributed by atoms with van der Waals surface area (Å²) < 4.78 is 6.63. The molecule has 1 aromatic heterocycles. The SMILES string of the molecule is COCC(=O)N(CC(=O)Nc1cc(C(C)(C)C)nn1-c1ccccc1)C(C)C. The lowest BCUT2D eigenvalue weighted by atomic mass is 9.92. The molecule has 152 valence electrons. The van der Waals surface area contributed by atoms with Crippen LogP contribution in [-0.4, -0.2) is 52.8 Å². The average Bonchev–Trinajstić information content (AvgIpc) is 3.04. The number of nitrogens with one attached hydrogen (secondary N) is 1. The molecule has 28 heavy (non-hydrogen) atoms. The maximum absolute atomic E-state index is 12.7. The van der Waals surface area contributed by atoms with E-state index in [0.717, 1.165) is 11.4 Å². The Labute approximate surface area is 166 Å². The Morgan fingerprint density at radius 2 is 1.86 bits per heavy atom. The lowest BCUT2D eigenvalue weighted by Gasteiger charge is -2.25. The third-order valence-corrected chi connectivity index (χ3v) is 4.27. The van der Waals surface area contributed by atoms with Gasteiger partial charge in [-0.1, -0.05) is 39.0 Å².